The second-order valence-electron chi connectivity index (χ2n) is 9.15. The standard InChI is InChI=1S/C24H43NO2/c1-4-5-6-9-12-21(26)13-14-22-23-17-19(16-20(23)18-24(22)27)11-8-7-10-15-25(2)3/h13-14,16,20-24,26-27H,4-12,15,17-18H2,1-3H3/b14-13+/t20-,21+,22+,23-,24+/m0/s1. The summed E-state index contributed by atoms with van der Waals surface area (Å²) in [5, 5.41) is 20.7. The molecule has 0 unspecified atom stereocenters. The molecule has 0 spiro atoms. The molecule has 0 aliphatic heterocycles. The number of aliphatic hydroxyl groups excluding tert-OH is 2. The Hall–Kier alpha value is -0.640. The smallest absolute Gasteiger partial charge is 0.0721 e. The number of aliphatic hydroxyl groups is 2. The van der Waals surface area contributed by atoms with E-state index in [0.29, 0.717) is 11.8 Å². The van der Waals surface area contributed by atoms with Crippen molar-refractivity contribution in [1.29, 1.82) is 0 Å². The largest absolute Gasteiger partial charge is 0.392 e. The molecular formula is C24H43NO2. The quantitative estimate of drug-likeness (QED) is 0.353. The fourth-order valence-corrected chi connectivity index (χ4v) is 4.88. The molecule has 2 aliphatic rings. The fraction of sp³-hybridized carbons (Fsp3) is 0.833. The van der Waals surface area contributed by atoms with E-state index in [9.17, 15) is 10.2 Å². The lowest BCUT2D eigenvalue weighted by Crippen LogP contribution is -2.18. The SMILES string of the molecule is CCCCCC[C@@H](O)/C=C/[C@@H]1[C@H]2CC(CCCCCN(C)C)=C[C@H]2C[C@H]1O. The normalized spacial score (nSPS) is 28.9. The minimum absolute atomic E-state index is 0.225. The molecule has 0 saturated heterocycles. The molecule has 1 saturated carbocycles. The summed E-state index contributed by atoms with van der Waals surface area (Å²) in [6.07, 6.45) is 18.8. The summed E-state index contributed by atoms with van der Waals surface area (Å²) in [5.74, 6) is 1.33. The molecule has 0 bridgehead atoms. The fourth-order valence-electron chi connectivity index (χ4n) is 4.88. The van der Waals surface area contributed by atoms with Crippen LogP contribution in [0.5, 0.6) is 0 Å². The van der Waals surface area contributed by atoms with Gasteiger partial charge in [-0.25, -0.2) is 0 Å². The van der Waals surface area contributed by atoms with Crippen LogP contribution in [-0.4, -0.2) is 48.0 Å². The summed E-state index contributed by atoms with van der Waals surface area (Å²) in [7, 11) is 4.28. The number of fused-ring (bicyclic) bond motifs is 1. The van der Waals surface area contributed by atoms with Gasteiger partial charge in [0, 0.05) is 5.92 Å². The molecule has 0 heterocycles. The van der Waals surface area contributed by atoms with E-state index in [1.807, 2.05) is 6.08 Å². The first-order valence-corrected chi connectivity index (χ1v) is 11.4. The first-order valence-electron chi connectivity index (χ1n) is 11.4. The average molecular weight is 378 g/mol. The zero-order valence-corrected chi connectivity index (χ0v) is 17.9. The number of hydrogen-bond donors (Lipinski definition) is 2. The van der Waals surface area contributed by atoms with Gasteiger partial charge >= 0.3 is 0 Å². The van der Waals surface area contributed by atoms with Crippen molar-refractivity contribution in [1.82, 2.24) is 4.90 Å². The molecular weight excluding hydrogens is 334 g/mol. The number of allylic oxidation sites excluding steroid dienone is 2. The van der Waals surface area contributed by atoms with Crippen LogP contribution in [0, 0.1) is 17.8 Å². The van der Waals surface area contributed by atoms with Gasteiger partial charge in [0.25, 0.3) is 0 Å². The molecule has 0 aromatic rings. The van der Waals surface area contributed by atoms with E-state index in [-0.39, 0.29) is 18.1 Å². The van der Waals surface area contributed by atoms with Gasteiger partial charge in [0.1, 0.15) is 0 Å². The molecule has 2 aliphatic carbocycles. The Kier molecular flexibility index (Phi) is 10.1. The maximum Gasteiger partial charge on any atom is 0.0721 e. The van der Waals surface area contributed by atoms with Gasteiger partial charge in [-0.3, -0.25) is 0 Å². The van der Waals surface area contributed by atoms with Crippen molar-refractivity contribution in [3.63, 3.8) is 0 Å². The third kappa shape index (κ3) is 7.71. The Bertz CT molecular complexity index is 471. The Labute approximate surface area is 167 Å². The maximum absolute atomic E-state index is 10.5. The molecule has 27 heavy (non-hydrogen) atoms. The van der Waals surface area contributed by atoms with Gasteiger partial charge in [-0.2, -0.15) is 0 Å². The summed E-state index contributed by atoms with van der Waals surface area (Å²) >= 11 is 0. The minimum Gasteiger partial charge on any atom is -0.392 e. The van der Waals surface area contributed by atoms with E-state index in [1.54, 1.807) is 5.57 Å². The van der Waals surface area contributed by atoms with E-state index in [4.69, 9.17) is 0 Å². The lowest BCUT2D eigenvalue weighted by atomic mass is 9.88. The zero-order chi connectivity index (χ0) is 19.6. The van der Waals surface area contributed by atoms with E-state index in [1.165, 1.54) is 51.5 Å². The predicted molar refractivity (Wildman–Crippen MR) is 115 cm³/mol. The highest BCUT2D eigenvalue weighted by atomic mass is 16.3. The van der Waals surface area contributed by atoms with Gasteiger partial charge in [-0.05, 0) is 71.0 Å². The highest BCUT2D eigenvalue weighted by molar-refractivity contribution is 5.20. The van der Waals surface area contributed by atoms with Crippen molar-refractivity contribution in [3.8, 4) is 0 Å². The van der Waals surface area contributed by atoms with Crippen molar-refractivity contribution < 1.29 is 10.2 Å². The Morgan fingerprint density at radius 3 is 2.67 bits per heavy atom. The van der Waals surface area contributed by atoms with E-state index >= 15 is 0 Å². The zero-order valence-electron chi connectivity index (χ0n) is 17.9. The van der Waals surface area contributed by atoms with Crippen LogP contribution in [0.15, 0.2) is 23.8 Å². The summed E-state index contributed by atoms with van der Waals surface area (Å²) in [4.78, 5) is 2.26. The maximum atomic E-state index is 10.5. The molecule has 0 aromatic heterocycles. The van der Waals surface area contributed by atoms with E-state index < -0.39 is 0 Å². The number of nitrogens with zero attached hydrogens (tertiary/aromatic N) is 1. The van der Waals surface area contributed by atoms with E-state index in [2.05, 4.69) is 38.1 Å². The van der Waals surface area contributed by atoms with Crippen LogP contribution in [-0.2, 0) is 0 Å². The molecule has 0 amide bonds. The Morgan fingerprint density at radius 1 is 1.15 bits per heavy atom. The monoisotopic (exact) mass is 377 g/mol. The Balaban J connectivity index is 1.72. The third-order valence-corrected chi connectivity index (χ3v) is 6.46. The highest BCUT2D eigenvalue weighted by Crippen LogP contribution is 2.48. The second kappa shape index (κ2) is 12.0. The lowest BCUT2D eigenvalue weighted by Gasteiger charge is -2.19. The van der Waals surface area contributed by atoms with Gasteiger partial charge < -0.3 is 15.1 Å². The van der Waals surface area contributed by atoms with Crippen molar-refractivity contribution in [2.24, 2.45) is 17.8 Å². The van der Waals surface area contributed by atoms with Crippen LogP contribution in [0.1, 0.15) is 77.6 Å². The number of rotatable bonds is 13. The van der Waals surface area contributed by atoms with E-state index in [0.717, 1.165) is 25.7 Å². The first kappa shape index (κ1) is 22.6. The average Bonchev–Trinajstić information content (AvgIpc) is 3.13. The predicted octanol–water partition coefficient (Wildman–Crippen LogP) is 4.94. The molecule has 3 heteroatoms. The van der Waals surface area contributed by atoms with Crippen LogP contribution in [0.2, 0.25) is 0 Å². The molecule has 5 atom stereocenters. The Morgan fingerprint density at radius 2 is 1.93 bits per heavy atom. The summed E-state index contributed by atoms with van der Waals surface area (Å²) in [6, 6.07) is 0. The van der Waals surface area contributed by atoms with Gasteiger partial charge in [-0.15, -0.1) is 0 Å². The summed E-state index contributed by atoms with van der Waals surface area (Å²) in [6.45, 7) is 3.39. The van der Waals surface area contributed by atoms with Crippen LogP contribution in [0.4, 0.5) is 0 Å². The first-order chi connectivity index (χ1) is 13.0. The molecule has 1 fully saturated rings. The highest BCUT2D eigenvalue weighted by Gasteiger charge is 2.43. The summed E-state index contributed by atoms with van der Waals surface area (Å²) < 4.78 is 0. The van der Waals surface area contributed by atoms with Crippen molar-refractivity contribution in [3.05, 3.63) is 23.8 Å². The van der Waals surface area contributed by atoms with Gasteiger partial charge in [-0.1, -0.05) is 62.8 Å². The van der Waals surface area contributed by atoms with Gasteiger partial charge in [0.15, 0.2) is 0 Å². The van der Waals surface area contributed by atoms with Crippen LogP contribution in [0.3, 0.4) is 0 Å². The third-order valence-electron chi connectivity index (χ3n) is 6.46. The lowest BCUT2D eigenvalue weighted by molar-refractivity contribution is 0.139. The molecule has 156 valence electrons. The molecule has 3 nitrogen and oxygen atoms in total. The summed E-state index contributed by atoms with van der Waals surface area (Å²) in [5.41, 5.74) is 1.61. The van der Waals surface area contributed by atoms with Crippen molar-refractivity contribution in [2.75, 3.05) is 20.6 Å². The topological polar surface area (TPSA) is 43.7 Å². The second-order valence-corrected chi connectivity index (χ2v) is 9.15. The van der Waals surface area contributed by atoms with Crippen molar-refractivity contribution >= 4 is 0 Å². The molecule has 0 aromatic carbocycles. The molecule has 0 radical (unpaired) electrons. The van der Waals surface area contributed by atoms with Gasteiger partial charge in [0.2, 0.25) is 0 Å². The van der Waals surface area contributed by atoms with Crippen molar-refractivity contribution in [2.45, 2.75) is 89.8 Å². The van der Waals surface area contributed by atoms with Crippen LogP contribution < -0.4 is 0 Å². The van der Waals surface area contributed by atoms with Gasteiger partial charge in [0.05, 0.1) is 12.2 Å². The van der Waals surface area contributed by atoms with Crippen LogP contribution >= 0.6 is 0 Å². The molecule has 2 rings (SSSR count). The van der Waals surface area contributed by atoms with Crippen LogP contribution in [0.25, 0.3) is 0 Å². The number of hydrogen-bond acceptors (Lipinski definition) is 3. The number of unbranched alkanes of at least 4 members (excludes halogenated alkanes) is 5. The molecule has 2 N–H and O–H groups in total. The minimum atomic E-state index is -0.348.